The molecule has 2 aromatic rings. The first-order chi connectivity index (χ1) is 8.26. The molecule has 3 nitrogen and oxygen atoms in total. The summed E-state index contributed by atoms with van der Waals surface area (Å²) >= 11 is 2.28. The lowest BCUT2D eigenvalue weighted by molar-refractivity contribution is 0.568. The van der Waals surface area contributed by atoms with Crippen LogP contribution in [0.25, 0.3) is 11.1 Å². The second kappa shape index (κ2) is 5.65. The van der Waals surface area contributed by atoms with Crippen LogP contribution in [0.4, 0.5) is 5.69 Å². The van der Waals surface area contributed by atoms with Crippen LogP contribution in [0.3, 0.4) is 0 Å². The number of nitrogens with one attached hydrogen (secondary N) is 2. The summed E-state index contributed by atoms with van der Waals surface area (Å²) in [6.45, 7) is 2.05. The molecule has 0 bridgehead atoms. The van der Waals surface area contributed by atoms with Gasteiger partial charge in [0, 0.05) is 29.4 Å². The third-order valence-corrected chi connectivity index (χ3v) is 3.74. The number of aryl methyl sites for hydroxylation is 1. The molecule has 17 heavy (non-hydrogen) atoms. The van der Waals surface area contributed by atoms with Crippen molar-refractivity contribution in [3.63, 3.8) is 0 Å². The summed E-state index contributed by atoms with van der Waals surface area (Å²) < 4.78 is 5.12. The van der Waals surface area contributed by atoms with Gasteiger partial charge in [-0.3, -0.25) is 0 Å². The van der Waals surface area contributed by atoms with Crippen molar-refractivity contribution in [1.82, 2.24) is 0 Å². The Kier molecular flexibility index (Phi) is 4.18. The Morgan fingerprint density at radius 1 is 1.47 bits per heavy atom. The largest absolute Gasteiger partial charge is 0.472 e. The van der Waals surface area contributed by atoms with Crippen LogP contribution in [-0.4, -0.2) is 6.21 Å². The summed E-state index contributed by atoms with van der Waals surface area (Å²) in [5.41, 5.74) is 5.26. The van der Waals surface area contributed by atoms with Crippen molar-refractivity contribution >= 4 is 40.3 Å². The summed E-state index contributed by atoms with van der Waals surface area (Å²) in [4.78, 5) is 0. The Balaban J connectivity index is 2.54. The average molecular weight is 358 g/mol. The third-order valence-electron chi connectivity index (χ3n) is 2.57. The topological polar surface area (TPSA) is 49.0 Å². The monoisotopic (exact) mass is 358 g/mol. The van der Waals surface area contributed by atoms with E-state index in [0.717, 1.165) is 27.9 Å². The molecule has 0 aliphatic carbocycles. The van der Waals surface area contributed by atoms with Crippen LogP contribution < -0.4 is 5.09 Å². The van der Waals surface area contributed by atoms with E-state index in [1.54, 1.807) is 12.5 Å². The van der Waals surface area contributed by atoms with Gasteiger partial charge in [-0.05, 0) is 58.3 Å². The lowest BCUT2D eigenvalue weighted by Crippen LogP contribution is -1.93. The second-order valence-electron chi connectivity index (χ2n) is 3.63. The van der Waals surface area contributed by atoms with Crippen molar-refractivity contribution in [2.45, 2.75) is 6.92 Å². The zero-order valence-electron chi connectivity index (χ0n) is 9.25. The molecular weight excluding hydrogens is 346 g/mol. The number of halogens is 1. The molecule has 1 heterocycles. The molecule has 0 aliphatic rings. The van der Waals surface area contributed by atoms with Crippen molar-refractivity contribution in [2.24, 2.45) is 0 Å². The second-order valence-corrected chi connectivity index (χ2v) is 5.69. The van der Waals surface area contributed by atoms with E-state index in [4.69, 9.17) is 9.83 Å². The van der Waals surface area contributed by atoms with Crippen LogP contribution in [0, 0.1) is 12.3 Å². The molecule has 0 saturated carbocycles. The van der Waals surface area contributed by atoms with Gasteiger partial charge in [0.25, 0.3) is 0 Å². The molecule has 0 amide bonds. The maximum atomic E-state index is 7.42. The van der Waals surface area contributed by atoms with Gasteiger partial charge in [-0.1, -0.05) is 0 Å². The van der Waals surface area contributed by atoms with Crippen molar-refractivity contribution < 1.29 is 4.42 Å². The molecule has 1 unspecified atom stereocenters. The van der Waals surface area contributed by atoms with Gasteiger partial charge in [-0.25, -0.2) is 0 Å². The molecule has 0 radical (unpaired) electrons. The van der Waals surface area contributed by atoms with Crippen molar-refractivity contribution in [2.75, 3.05) is 5.09 Å². The van der Waals surface area contributed by atoms with Gasteiger partial charge in [0.15, 0.2) is 0 Å². The predicted molar refractivity (Wildman–Crippen MR) is 82.7 cm³/mol. The standard InChI is InChI=1S/C12H12IN2OP/c1-8-4-10(6-14)12(15-17-13)5-11(8)9-2-3-16-7-9/h2-7,14-15,17H,1H3. The number of rotatable bonds is 4. The van der Waals surface area contributed by atoms with E-state index >= 15 is 0 Å². The van der Waals surface area contributed by atoms with Crippen LogP contribution >= 0.6 is 28.4 Å². The first-order valence-corrected chi connectivity index (χ1v) is 9.17. The van der Waals surface area contributed by atoms with E-state index in [1.807, 2.05) is 19.1 Å². The molecule has 5 heteroatoms. The van der Waals surface area contributed by atoms with Crippen LogP contribution in [0.5, 0.6) is 0 Å². The van der Waals surface area contributed by atoms with E-state index < -0.39 is 0 Å². The summed E-state index contributed by atoms with van der Waals surface area (Å²) in [6, 6.07) is 6.04. The minimum absolute atomic E-state index is 0.586. The van der Waals surface area contributed by atoms with Gasteiger partial charge in [0.2, 0.25) is 0 Å². The molecule has 2 rings (SSSR count). The summed E-state index contributed by atoms with van der Waals surface area (Å²) in [5.74, 6) is 0. The van der Waals surface area contributed by atoms with E-state index in [0.29, 0.717) is 6.37 Å². The lowest BCUT2D eigenvalue weighted by atomic mass is 9.99. The molecule has 0 saturated heterocycles. The van der Waals surface area contributed by atoms with Crippen LogP contribution in [0.15, 0.2) is 35.1 Å². The smallest absolute Gasteiger partial charge is 0.0981 e. The third kappa shape index (κ3) is 2.69. The SMILES string of the molecule is Cc1cc(C=N)c(NPI)cc1-c1ccoc1. The molecule has 0 fully saturated rings. The lowest BCUT2D eigenvalue weighted by Gasteiger charge is -2.11. The molecule has 1 atom stereocenters. The van der Waals surface area contributed by atoms with Gasteiger partial charge >= 0.3 is 0 Å². The Bertz CT molecular complexity index is 526. The average Bonchev–Trinajstić information content (AvgIpc) is 2.84. The molecule has 0 aliphatic heterocycles. The Morgan fingerprint density at radius 2 is 2.29 bits per heavy atom. The van der Waals surface area contributed by atoms with Gasteiger partial charge < -0.3 is 14.9 Å². The highest BCUT2D eigenvalue weighted by molar-refractivity contribution is 14.2. The van der Waals surface area contributed by atoms with Gasteiger partial charge in [0.05, 0.1) is 12.5 Å². The number of hydrogen-bond donors (Lipinski definition) is 2. The van der Waals surface area contributed by atoms with Crippen molar-refractivity contribution in [1.29, 1.82) is 5.41 Å². The zero-order chi connectivity index (χ0) is 12.3. The van der Waals surface area contributed by atoms with Crippen LogP contribution in [0.1, 0.15) is 11.1 Å². The fourth-order valence-electron chi connectivity index (χ4n) is 1.74. The quantitative estimate of drug-likeness (QED) is 0.477. The zero-order valence-corrected chi connectivity index (χ0v) is 12.4. The summed E-state index contributed by atoms with van der Waals surface area (Å²) in [5, 5.41) is 10.7. The fraction of sp³-hybridized carbons (Fsp3) is 0.0833. The Labute approximate surface area is 115 Å². The molecule has 2 N–H and O–H groups in total. The molecule has 1 aromatic carbocycles. The normalized spacial score (nSPS) is 10.9. The van der Waals surface area contributed by atoms with E-state index in [1.165, 1.54) is 6.21 Å². The van der Waals surface area contributed by atoms with Gasteiger partial charge in [0.1, 0.15) is 0 Å². The van der Waals surface area contributed by atoms with E-state index in [-0.39, 0.29) is 0 Å². The molecule has 1 aromatic heterocycles. The van der Waals surface area contributed by atoms with E-state index in [9.17, 15) is 0 Å². The first-order valence-electron chi connectivity index (χ1n) is 5.05. The molecule has 0 spiro atoms. The Morgan fingerprint density at radius 3 is 2.88 bits per heavy atom. The summed E-state index contributed by atoms with van der Waals surface area (Å²) in [6.07, 6.45) is 5.38. The molecular formula is C12H12IN2OP. The maximum absolute atomic E-state index is 7.42. The number of benzene rings is 1. The highest BCUT2D eigenvalue weighted by Crippen LogP contribution is 2.32. The minimum Gasteiger partial charge on any atom is -0.472 e. The Hall–Kier alpha value is -0.870. The van der Waals surface area contributed by atoms with Crippen LogP contribution in [-0.2, 0) is 0 Å². The minimum atomic E-state index is 0.586. The van der Waals surface area contributed by atoms with Gasteiger partial charge in [-0.15, -0.1) is 0 Å². The van der Waals surface area contributed by atoms with Crippen molar-refractivity contribution in [3.8, 4) is 11.1 Å². The predicted octanol–water partition coefficient (Wildman–Crippen LogP) is 4.61. The number of hydrogen-bond acceptors (Lipinski definition) is 3. The summed E-state index contributed by atoms with van der Waals surface area (Å²) in [7, 11) is 0. The highest BCUT2D eigenvalue weighted by atomic mass is 127. The highest BCUT2D eigenvalue weighted by Gasteiger charge is 2.08. The van der Waals surface area contributed by atoms with Crippen molar-refractivity contribution in [3.05, 3.63) is 41.9 Å². The maximum Gasteiger partial charge on any atom is 0.0981 e. The fourth-order valence-corrected chi connectivity index (χ4v) is 2.93. The van der Waals surface area contributed by atoms with E-state index in [2.05, 4.69) is 33.2 Å². The molecule has 88 valence electrons. The first kappa shape index (κ1) is 12.6. The van der Waals surface area contributed by atoms with Crippen LogP contribution in [0.2, 0.25) is 0 Å². The number of furan rings is 1. The van der Waals surface area contributed by atoms with Gasteiger partial charge in [-0.2, -0.15) is 0 Å². The number of anilines is 1.